The molecule has 6 heteroatoms. The van der Waals surface area contributed by atoms with E-state index in [0.29, 0.717) is 6.54 Å². The number of H-pyrrole nitrogens is 1. The van der Waals surface area contributed by atoms with Gasteiger partial charge in [0.1, 0.15) is 5.82 Å². The molecule has 0 bridgehead atoms. The molecule has 0 aliphatic heterocycles. The van der Waals surface area contributed by atoms with E-state index in [1.54, 1.807) is 0 Å². The van der Waals surface area contributed by atoms with Gasteiger partial charge in [-0.15, -0.1) is 0 Å². The van der Waals surface area contributed by atoms with Gasteiger partial charge in [0, 0.05) is 49.3 Å². The summed E-state index contributed by atoms with van der Waals surface area (Å²) in [6, 6.07) is 20.2. The number of rotatable bonds is 6. The maximum atomic E-state index is 13.3. The normalized spacial score (nSPS) is 12.0. The van der Waals surface area contributed by atoms with Crippen LogP contribution in [0.15, 0.2) is 72.9 Å². The fourth-order valence-corrected chi connectivity index (χ4v) is 4.01. The van der Waals surface area contributed by atoms with Gasteiger partial charge in [-0.1, -0.05) is 41.9 Å². The SMILES string of the molecule is CN(C)c1ccc(C(CNC(=O)c2ccc(F)cc2Cl)c2c[nH]c3ccccc23)cc1. The van der Waals surface area contributed by atoms with Crippen molar-refractivity contribution >= 4 is 34.1 Å². The molecule has 2 N–H and O–H groups in total. The van der Waals surface area contributed by atoms with E-state index in [-0.39, 0.29) is 22.4 Å². The Hall–Kier alpha value is -3.31. The van der Waals surface area contributed by atoms with Crippen LogP contribution >= 0.6 is 11.6 Å². The lowest BCUT2D eigenvalue weighted by atomic mass is 9.90. The van der Waals surface area contributed by atoms with Crippen molar-refractivity contribution in [2.45, 2.75) is 5.92 Å². The first-order valence-corrected chi connectivity index (χ1v) is 10.4. The molecule has 31 heavy (non-hydrogen) atoms. The van der Waals surface area contributed by atoms with Gasteiger partial charge in [0.15, 0.2) is 0 Å². The van der Waals surface area contributed by atoms with Crippen molar-refractivity contribution in [2.75, 3.05) is 25.5 Å². The van der Waals surface area contributed by atoms with E-state index in [0.717, 1.165) is 33.8 Å². The molecule has 0 saturated heterocycles. The summed E-state index contributed by atoms with van der Waals surface area (Å²) in [4.78, 5) is 18.1. The average molecular weight is 436 g/mol. The molecule has 3 aromatic carbocycles. The second kappa shape index (κ2) is 8.82. The molecule has 4 nitrogen and oxygen atoms in total. The standard InChI is InChI=1S/C25H23ClFN3O/c1-30(2)18-10-7-16(8-11-18)21(22-15-28-24-6-4-3-5-19(22)24)14-29-25(31)20-12-9-17(27)13-23(20)26/h3-13,15,21,28H,14H2,1-2H3,(H,29,31). The molecule has 0 saturated carbocycles. The van der Waals surface area contributed by atoms with Crippen molar-refractivity contribution in [2.24, 2.45) is 0 Å². The highest BCUT2D eigenvalue weighted by atomic mass is 35.5. The summed E-state index contributed by atoms with van der Waals surface area (Å²) in [6.07, 6.45) is 1.99. The first-order chi connectivity index (χ1) is 14.9. The van der Waals surface area contributed by atoms with E-state index in [9.17, 15) is 9.18 Å². The van der Waals surface area contributed by atoms with Gasteiger partial charge in [0.25, 0.3) is 5.91 Å². The molecule has 0 radical (unpaired) electrons. The highest BCUT2D eigenvalue weighted by Crippen LogP contribution is 2.31. The van der Waals surface area contributed by atoms with Gasteiger partial charge in [-0.25, -0.2) is 4.39 Å². The average Bonchev–Trinajstić information content (AvgIpc) is 3.18. The van der Waals surface area contributed by atoms with Crippen LogP contribution in [0.4, 0.5) is 10.1 Å². The van der Waals surface area contributed by atoms with Gasteiger partial charge in [0.2, 0.25) is 0 Å². The van der Waals surface area contributed by atoms with Gasteiger partial charge in [-0.2, -0.15) is 0 Å². The summed E-state index contributed by atoms with van der Waals surface area (Å²) < 4.78 is 13.3. The van der Waals surface area contributed by atoms with Crippen molar-refractivity contribution in [1.82, 2.24) is 10.3 Å². The molecular weight excluding hydrogens is 413 g/mol. The molecule has 0 fully saturated rings. The number of para-hydroxylation sites is 1. The Kier molecular flexibility index (Phi) is 5.96. The summed E-state index contributed by atoms with van der Waals surface area (Å²) in [5.41, 5.74) is 4.58. The van der Waals surface area contributed by atoms with E-state index in [1.165, 1.54) is 12.1 Å². The summed E-state index contributed by atoms with van der Waals surface area (Å²) in [5, 5.41) is 4.18. The second-order valence-corrected chi connectivity index (χ2v) is 8.07. The monoisotopic (exact) mass is 435 g/mol. The number of anilines is 1. The highest BCUT2D eigenvalue weighted by Gasteiger charge is 2.20. The van der Waals surface area contributed by atoms with Crippen LogP contribution in [-0.2, 0) is 0 Å². The van der Waals surface area contributed by atoms with Crippen molar-refractivity contribution in [3.05, 3.63) is 100 Å². The lowest BCUT2D eigenvalue weighted by molar-refractivity contribution is 0.0952. The number of hydrogen-bond donors (Lipinski definition) is 2. The summed E-state index contributed by atoms with van der Waals surface area (Å²) in [6.45, 7) is 0.371. The molecule has 1 heterocycles. The van der Waals surface area contributed by atoms with Gasteiger partial charge < -0.3 is 15.2 Å². The van der Waals surface area contributed by atoms with Crippen LogP contribution < -0.4 is 10.2 Å². The predicted molar refractivity (Wildman–Crippen MR) is 125 cm³/mol. The minimum absolute atomic E-state index is 0.0736. The van der Waals surface area contributed by atoms with Crippen molar-refractivity contribution in [1.29, 1.82) is 0 Å². The fraction of sp³-hybridized carbons (Fsp3) is 0.160. The number of amides is 1. The van der Waals surface area contributed by atoms with Crippen LogP contribution in [0.25, 0.3) is 10.9 Å². The maximum absolute atomic E-state index is 13.3. The first kappa shape index (κ1) is 20.9. The molecule has 4 rings (SSSR count). The fourth-order valence-electron chi connectivity index (χ4n) is 3.76. The highest BCUT2D eigenvalue weighted by molar-refractivity contribution is 6.33. The topological polar surface area (TPSA) is 48.1 Å². The Labute approximate surface area is 185 Å². The Morgan fingerprint density at radius 2 is 1.84 bits per heavy atom. The zero-order valence-electron chi connectivity index (χ0n) is 17.3. The van der Waals surface area contributed by atoms with E-state index < -0.39 is 5.82 Å². The third-order valence-corrected chi connectivity index (χ3v) is 5.76. The summed E-state index contributed by atoms with van der Waals surface area (Å²) in [5.74, 6) is -0.880. The minimum Gasteiger partial charge on any atom is -0.378 e. The third kappa shape index (κ3) is 4.42. The molecule has 1 unspecified atom stereocenters. The number of halogens is 2. The number of carbonyl (C=O) groups excluding carboxylic acids is 1. The Balaban J connectivity index is 1.66. The smallest absolute Gasteiger partial charge is 0.252 e. The van der Waals surface area contributed by atoms with E-state index in [4.69, 9.17) is 11.6 Å². The molecule has 4 aromatic rings. The van der Waals surface area contributed by atoms with E-state index >= 15 is 0 Å². The van der Waals surface area contributed by atoms with Crippen LogP contribution in [-0.4, -0.2) is 31.5 Å². The quantitative estimate of drug-likeness (QED) is 0.415. The number of carbonyl (C=O) groups is 1. The number of nitrogens with zero attached hydrogens (tertiary/aromatic N) is 1. The number of aromatic amines is 1. The van der Waals surface area contributed by atoms with Crippen LogP contribution in [0.1, 0.15) is 27.4 Å². The Bertz CT molecular complexity index is 1220. The Morgan fingerprint density at radius 1 is 1.10 bits per heavy atom. The summed E-state index contributed by atoms with van der Waals surface area (Å²) in [7, 11) is 4.00. The lowest BCUT2D eigenvalue weighted by Gasteiger charge is -2.20. The van der Waals surface area contributed by atoms with Crippen molar-refractivity contribution in [3.63, 3.8) is 0 Å². The molecular formula is C25H23ClFN3O. The third-order valence-electron chi connectivity index (χ3n) is 5.45. The molecule has 0 aliphatic carbocycles. The molecule has 1 aromatic heterocycles. The molecule has 158 valence electrons. The van der Waals surface area contributed by atoms with Crippen molar-refractivity contribution < 1.29 is 9.18 Å². The predicted octanol–water partition coefficient (Wildman–Crippen LogP) is 5.59. The van der Waals surface area contributed by atoms with Gasteiger partial charge in [-0.05, 0) is 47.5 Å². The number of benzene rings is 3. The first-order valence-electron chi connectivity index (χ1n) is 10.0. The number of hydrogen-bond acceptors (Lipinski definition) is 2. The molecule has 0 spiro atoms. The number of aromatic nitrogens is 1. The zero-order valence-corrected chi connectivity index (χ0v) is 18.1. The lowest BCUT2D eigenvalue weighted by Crippen LogP contribution is -2.29. The molecule has 0 aliphatic rings. The largest absolute Gasteiger partial charge is 0.378 e. The molecule has 1 amide bonds. The second-order valence-electron chi connectivity index (χ2n) is 7.66. The van der Waals surface area contributed by atoms with E-state index in [1.807, 2.05) is 43.4 Å². The van der Waals surface area contributed by atoms with Gasteiger partial charge >= 0.3 is 0 Å². The van der Waals surface area contributed by atoms with Crippen LogP contribution in [0.3, 0.4) is 0 Å². The van der Waals surface area contributed by atoms with E-state index in [2.05, 4.69) is 40.6 Å². The molecule has 1 atom stereocenters. The van der Waals surface area contributed by atoms with Gasteiger partial charge in [-0.3, -0.25) is 4.79 Å². The van der Waals surface area contributed by atoms with Crippen LogP contribution in [0.5, 0.6) is 0 Å². The van der Waals surface area contributed by atoms with Crippen molar-refractivity contribution in [3.8, 4) is 0 Å². The maximum Gasteiger partial charge on any atom is 0.252 e. The van der Waals surface area contributed by atoms with Gasteiger partial charge in [0.05, 0.1) is 10.6 Å². The van der Waals surface area contributed by atoms with Crippen LogP contribution in [0, 0.1) is 5.82 Å². The zero-order chi connectivity index (χ0) is 22.0. The Morgan fingerprint density at radius 3 is 2.55 bits per heavy atom. The summed E-state index contributed by atoms with van der Waals surface area (Å²) >= 11 is 6.07. The van der Waals surface area contributed by atoms with Crippen LogP contribution in [0.2, 0.25) is 5.02 Å². The number of nitrogens with one attached hydrogen (secondary N) is 2. The number of fused-ring (bicyclic) bond motifs is 1. The minimum atomic E-state index is -0.473.